The third-order valence-electron chi connectivity index (χ3n) is 2.31. The summed E-state index contributed by atoms with van der Waals surface area (Å²) in [4.78, 5) is 13.0. The number of halogens is 1. The number of carbonyl (C=O) groups excluding carboxylic acids is 1. The van der Waals surface area contributed by atoms with E-state index < -0.39 is 15.0 Å². The molecule has 0 saturated heterocycles. The van der Waals surface area contributed by atoms with Gasteiger partial charge in [0.2, 0.25) is 0 Å². The molecule has 1 aromatic rings. The van der Waals surface area contributed by atoms with Crippen LogP contribution in [0, 0.1) is 6.92 Å². The molecule has 7 nitrogen and oxygen atoms in total. The molecule has 0 aliphatic rings. The van der Waals surface area contributed by atoms with Crippen LogP contribution in [0.4, 0.5) is 0 Å². The van der Waals surface area contributed by atoms with Gasteiger partial charge in [-0.2, -0.15) is 5.10 Å². The van der Waals surface area contributed by atoms with Crippen molar-refractivity contribution in [3.05, 3.63) is 11.4 Å². The van der Waals surface area contributed by atoms with Gasteiger partial charge in [0.25, 0.3) is 15.0 Å². The molecule has 1 aromatic heterocycles. The van der Waals surface area contributed by atoms with Crippen LogP contribution in [0.15, 0.2) is 4.90 Å². The van der Waals surface area contributed by atoms with Crippen LogP contribution >= 0.6 is 10.7 Å². The normalized spacial score (nSPS) is 11.6. The summed E-state index contributed by atoms with van der Waals surface area (Å²) in [6.45, 7) is 2.14. The van der Waals surface area contributed by atoms with E-state index in [-0.39, 0.29) is 16.3 Å². The zero-order chi connectivity index (χ0) is 13.9. The van der Waals surface area contributed by atoms with Crippen LogP contribution in [-0.2, 0) is 13.8 Å². The molecule has 0 spiro atoms. The van der Waals surface area contributed by atoms with Gasteiger partial charge in [0.15, 0.2) is 5.69 Å². The zero-order valence-electron chi connectivity index (χ0n) is 10.2. The van der Waals surface area contributed by atoms with E-state index in [4.69, 9.17) is 15.4 Å². The molecule has 0 saturated carbocycles. The summed E-state index contributed by atoms with van der Waals surface area (Å²) < 4.78 is 27.6. The number of aryl methyl sites for hydroxylation is 1. The van der Waals surface area contributed by atoms with Crippen LogP contribution in [0.2, 0.25) is 0 Å². The molecule has 1 rings (SSSR count). The van der Waals surface area contributed by atoms with E-state index in [9.17, 15) is 13.2 Å². The molecule has 0 unspecified atom stereocenters. The Kier molecular flexibility index (Phi) is 4.71. The molecule has 9 heteroatoms. The van der Waals surface area contributed by atoms with Crippen molar-refractivity contribution in [2.75, 3.05) is 27.3 Å². The monoisotopic (exact) mass is 295 g/mol. The van der Waals surface area contributed by atoms with E-state index in [0.717, 1.165) is 0 Å². The van der Waals surface area contributed by atoms with Crippen LogP contribution in [0.3, 0.4) is 0 Å². The number of nitrogens with one attached hydrogen (secondary N) is 1. The number of nitrogens with zero attached hydrogens (tertiary/aromatic N) is 2. The summed E-state index contributed by atoms with van der Waals surface area (Å²) in [5.41, 5.74) is 0.0228. The van der Waals surface area contributed by atoms with Gasteiger partial charge >= 0.3 is 0 Å². The number of H-pyrrole nitrogens is 1. The van der Waals surface area contributed by atoms with Crippen LogP contribution in [0.25, 0.3) is 0 Å². The minimum atomic E-state index is -4.02. The lowest BCUT2D eigenvalue weighted by atomic mass is 10.3. The van der Waals surface area contributed by atoms with E-state index in [2.05, 4.69) is 10.2 Å². The van der Waals surface area contributed by atoms with Crippen molar-refractivity contribution in [3.8, 4) is 0 Å². The average molecular weight is 296 g/mol. The molecule has 18 heavy (non-hydrogen) atoms. The molecule has 0 aliphatic carbocycles. The average Bonchev–Trinajstić information content (AvgIpc) is 2.66. The Morgan fingerprint density at radius 1 is 1.56 bits per heavy atom. The summed E-state index contributed by atoms with van der Waals surface area (Å²) in [7, 11) is 4.29. The van der Waals surface area contributed by atoms with Crippen LogP contribution in [0.5, 0.6) is 0 Å². The summed E-state index contributed by atoms with van der Waals surface area (Å²) >= 11 is 0. The van der Waals surface area contributed by atoms with Crippen molar-refractivity contribution in [2.45, 2.75) is 11.8 Å². The van der Waals surface area contributed by atoms with Gasteiger partial charge in [0.05, 0.1) is 12.3 Å². The third-order valence-corrected chi connectivity index (χ3v) is 3.77. The van der Waals surface area contributed by atoms with Crippen LogP contribution in [0.1, 0.15) is 16.2 Å². The fourth-order valence-corrected chi connectivity index (χ4v) is 2.71. The number of aromatic nitrogens is 2. The highest BCUT2D eigenvalue weighted by atomic mass is 35.7. The first kappa shape index (κ1) is 14.9. The van der Waals surface area contributed by atoms with Gasteiger partial charge in [0, 0.05) is 31.4 Å². The summed E-state index contributed by atoms with van der Waals surface area (Å²) in [6, 6.07) is 0. The second kappa shape index (κ2) is 5.68. The van der Waals surface area contributed by atoms with Crippen LogP contribution in [-0.4, -0.2) is 56.7 Å². The number of rotatable bonds is 5. The molecule has 0 aromatic carbocycles. The zero-order valence-corrected chi connectivity index (χ0v) is 11.8. The van der Waals surface area contributed by atoms with Crippen molar-refractivity contribution in [2.24, 2.45) is 0 Å². The molecule has 102 valence electrons. The number of aromatic amines is 1. The lowest BCUT2D eigenvalue weighted by Crippen LogP contribution is -2.31. The maximum absolute atomic E-state index is 12.0. The molecule has 1 N–H and O–H groups in total. The van der Waals surface area contributed by atoms with Crippen LogP contribution < -0.4 is 0 Å². The smallest absolute Gasteiger partial charge is 0.275 e. The number of carbonyl (C=O) groups is 1. The number of likely N-dealkylation sites (N-methyl/N-ethyl adjacent to an activating group) is 1. The minimum absolute atomic E-state index is 0.207. The highest BCUT2D eigenvalue weighted by Gasteiger charge is 2.28. The maximum Gasteiger partial charge on any atom is 0.275 e. The van der Waals surface area contributed by atoms with E-state index in [1.54, 1.807) is 0 Å². The number of ether oxygens (including phenoxy) is 1. The molecular weight excluding hydrogens is 282 g/mol. The Hall–Kier alpha value is -1.12. The second-order valence-electron chi connectivity index (χ2n) is 3.68. The molecule has 0 aliphatic heterocycles. The van der Waals surface area contributed by atoms with Gasteiger partial charge in [-0.05, 0) is 6.92 Å². The van der Waals surface area contributed by atoms with E-state index in [0.29, 0.717) is 13.2 Å². The second-order valence-corrected chi connectivity index (χ2v) is 6.19. The number of methoxy groups -OCH3 is 1. The van der Waals surface area contributed by atoms with Gasteiger partial charge in [0.1, 0.15) is 4.90 Å². The summed E-state index contributed by atoms with van der Waals surface area (Å²) in [5, 5.41) is 6.13. The quantitative estimate of drug-likeness (QED) is 0.792. The van der Waals surface area contributed by atoms with Crippen molar-refractivity contribution in [1.82, 2.24) is 15.1 Å². The third kappa shape index (κ3) is 3.21. The predicted molar refractivity (Wildman–Crippen MR) is 65.2 cm³/mol. The highest BCUT2D eigenvalue weighted by molar-refractivity contribution is 8.13. The first-order valence-electron chi connectivity index (χ1n) is 5.03. The van der Waals surface area contributed by atoms with Crippen molar-refractivity contribution < 1.29 is 17.9 Å². The first-order chi connectivity index (χ1) is 8.29. The van der Waals surface area contributed by atoms with Crippen molar-refractivity contribution >= 4 is 25.6 Å². The molecule has 1 amide bonds. The van der Waals surface area contributed by atoms with E-state index >= 15 is 0 Å². The Bertz CT molecular complexity index is 540. The largest absolute Gasteiger partial charge is 0.383 e. The fraction of sp³-hybridized carbons (Fsp3) is 0.556. The van der Waals surface area contributed by atoms with Gasteiger partial charge in [-0.15, -0.1) is 0 Å². The number of amides is 1. The number of hydrogen-bond acceptors (Lipinski definition) is 5. The highest BCUT2D eigenvalue weighted by Crippen LogP contribution is 2.22. The standard InChI is InChI=1S/C9H14ClN3O4S/c1-6-8(18(10,15)16)7(12-11-6)9(14)13(2)4-5-17-3/h4-5H2,1-3H3,(H,11,12). The molecule has 0 bridgehead atoms. The molecule has 1 heterocycles. The van der Waals surface area contributed by atoms with Crippen molar-refractivity contribution in [1.29, 1.82) is 0 Å². The topological polar surface area (TPSA) is 92.4 Å². The van der Waals surface area contributed by atoms with E-state index in [1.807, 2.05) is 0 Å². The predicted octanol–water partition coefficient (Wildman–Crippen LogP) is 0.364. The van der Waals surface area contributed by atoms with Gasteiger partial charge in [-0.1, -0.05) is 0 Å². The summed E-state index contributed by atoms with van der Waals surface area (Å²) in [5.74, 6) is -0.532. The van der Waals surface area contributed by atoms with Gasteiger partial charge in [-0.3, -0.25) is 9.89 Å². The van der Waals surface area contributed by atoms with Gasteiger partial charge < -0.3 is 9.64 Å². The number of hydrogen-bond donors (Lipinski definition) is 1. The Balaban J connectivity index is 3.08. The molecule has 0 radical (unpaired) electrons. The van der Waals surface area contributed by atoms with E-state index in [1.165, 1.54) is 26.0 Å². The SMILES string of the molecule is COCCN(C)C(=O)c1n[nH]c(C)c1S(=O)(=O)Cl. The van der Waals surface area contributed by atoms with Gasteiger partial charge in [-0.25, -0.2) is 8.42 Å². The molecule has 0 fully saturated rings. The maximum atomic E-state index is 12.0. The Morgan fingerprint density at radius 2 is 2.17 bits per heavy atom. The minimum Gasteiger partial charge on any atom is -0.383 e. The lowest BCUT2D eigenvalue weighted by Gasteiger charge is -2.15. The summed E-state index contributed by atoms with van der Waals surface area (Å²) in [6.07, 6.45) is 0. The van der Waals surface area contributed by atoms with Crippen molar-refractivity contribution in [3.63, 3.8) is 0 Å². The fourth-order valence-electron chi connectivity index (χ4n) is 1.37. The molecular formula is C9H14ClN3O4S. The molecule has 0 atom stereocenters. The Morgan fingerprint density at radius 3 is 2.67 bits per heavy atom. The Labute approximate surface area is 109 Å². The lowest BCUT2D eigenvalue weighted by molar-refractivity contribution is 0.0735. The first-order valence-corrected chi connectivity index (χ1v) is 7.34.